The predicted molar refractivity (Wildman–Crippen MR) is 82.5 cm³/mol. The average Bonchev–Trinajstić information content (AvgIpc) is 3.04. The van der Waals surface area contributed by atoms with Gasteiger partial charge in [0.25, 0.3) is 0 Å². The van der Waals surface area contributed by atoms with Gasteiger partial charge in [0.15, 0.2) is 0 Å². The molecule has 1 heterocycles. The van der Waals surface area contributed by atoms with Crippen molar-refractivity contribution in [2.24, 2.45) is 0 Å². The second-order valence-electron chi connectivity index (χ2n) is 5.65. The van der Waals surface area contributed by atoms with Crippen LogP contribution in [0, 0.1) is 0 Å². The van der Waals surface area contributed by atoms with Crippen molar-refractivity contribution in [2.45, 2.75) is 44.6 Å². The molecule has 3 heteroatoms. The largest absolute Gasteiger partial charge is 0.384 e. The normalized spacial score (nSPS) is 19.3. The number of amides is 1. The molecular weight excluding hydrogens is 248 g/mol. The van der Waals surface area contributed by atoms with Gasteiger partial charge in [-0.05, 0) is 25.3 Å². The zero-order chi connectivity index (χ0) is 13.8. The topological polar surface area (TPSA) is 32.3 Å². The van der Waals surface area contributed by atoms with E-state index in [0.29, 0.717) is 6.04 Å². The molecule has 1 aromatic rings. The zero-order valence-electron chi connectivity index (χ0n) is 11.8. The monoisotopic (exact) mass is 270 g/mol. The summed E-state index contributed by atoms with van der Waals surface area (Å²) in [5.74, 6) is 0. The number of anilines is 1. The number of carbonyl (C=O) groups is 1. The number of benzene rings is 1. The summed E-state index contributed by atoms with van der Waals surface area (Å²) in [7, 11) is 0. The van der Waals surface area contributed by atoms with Gasteiger partial charge >= 0.3 is 0 Å². The van der Waals surface area contributed by atoms with Crippen molar-refractivity contribution in [3.05, 3.63) is 35.9 Å². The van der Waals surface area contributed by atoms with Crippen molar-refractivity contribution in [1.29, 1.82) is 0 Å². The maximum absolute atomic E-state index is 11.7. The van der Waals surface area contributed by atoms with Crippen LogP contribution in [0.3, 0.4) is 0 Å². The molecule has 0 aromatic heterocycles. The third-order valence-electron chi connectivity index (χ3n) is 4.36. The number of carbonyl (C=O) groups excluding carboxylic acids is 1. The lowest BCUT2D eigenvalue weighted by atomic mass is 9.93. The first-order valence-electron chi connectivity index (χ1n) is 7.67. The van der Waals surface area contributed by atoms with Crippen molar-refractivity contribution in [1.82, 2.24) is 5.32 Å². The highest BCUT2D eigenvalue weighted by Gasteiger charge is 2.24. The van der Waals surface area contributed by atoms with Crippen LogP contribution < -0.4 is 10.2 Å². The van der Waals surface area contributed by atoms with Crippen LogP contribution in [0.5, 0.6) is 0 Å². The number of hydrogen-bond donors (Lipinski definition) is 1. The van der Waals surface area contributed by atoms with E-state index in [1.807, 2.05) is 17.0 Å². The van der Waals surface area contributed by atoms with Crippen LogP contribution in [0.15, 0.2) is 30.3 Å². The molecule has 3 nitrogen and oxygen atoms in total. The highest BCUT2D eigenvalue weighted by Crippen LogP contribution is 2.32. The lowest BCUT2D eigenvalue weighted by molar-refractivity contribution is -0.108. The minimum atomic E-state index is 0.365. The molecule has 1 aliphatic heterocycles. The summed E-state index contributed by atoms with van der Waals surface area (Å²) in [4.78, 5) is 13.6. The minimum Gasteiger partial charge on any atom is -0.384 e. The number of nitrogens with zero attached hydrogens (tertiary/aromatic N) is 1. The Morgan fingerprint density at radius 3 is 2.65 bits per heavy atom. The van der Waals surface area contributed by atoms with Gasteiger partial charge in [-0.15, -0.1) is 0 Å². The summed E-state index contributed by atoms with van der Waals surface area (Å²) in [6.45, 7) is 0.994. The van der Waals surface area contributed by atoms with Crippen molar-refractivity contribution < 1.29 is 4.79 Å². The smallest absolute Gasteiger partial charge is 0.214 e. The lowest BCUT2D eigenvalue weighted by Gasteiger charge is -2.32. The maximum Gasteiger partial charge on any atom is 0.214 e. The Hall–Kier alpha value is -1.77. The third-order valence-corrected chi connectivity index (χ3v) is 4.36. The van der Waals surface area contributed by atoms with E-state index in [0.717, 1.165) is 43.5 Å². The molecule has 1 N–H and O–H groups in total. The fraction of sp³-hybridized carbons (Fsp3) is 0.471. The summed E-state index contributed by atoms with van der Waals surface area (Å²) in [5, 5.41) is 3.41. The highest BCUT2D eigenvalue weighted by atomic mass is 16.1. The standard InChI is InChI=1S/C17H22N2O/c20-13-19(14-7-2-1-3-8-14)17-11-5-4-9-15(17)16-10-6-12-18-16/h4-5,9-11,13-14,18H,1-3,6-8,12H2. The molecule has 1 fully saturated rings. The molecule has 2 aliphatic rings. The Morgan fingerprint density at radius 1 is 1.15 bits per heavy atom. The molecule has 3 rings (SSSR count). The molecule has 0 bridgehead atoms. The van der Waals surface area contributed by atoms with Gasteiger partial charge in [-0.2, -0.15) is 0 Å². The van der Waals surface area contributed by atoms with E-state index in [4.69, 9.17) is 0 Å². The minimum absolute atomic E-state index is 0.365. The number of hydrogen-bond acceptors (Lipinski definition) is 2. The maximum atomic E-state index is 11.7. The van der Waals surface area contributed by atoms with Crippen LogP contribution in [-0.2, 0) is 4.79 Å². The molecule has 20 heavy (non-hydrogen) atoms. The molecule has 0 atom stereocenters. The lowest BCUT2D eigenvalue weighted by Crippen LogP contribution is -2.36. The van der Waals surface area contributed by atoms with Gasteiger partial charge in [-0.3, -0.25) is 4.79 Å². The van der Waals surface area contributed by atoms with E-state index in [1.165, 1.54) is 25.0 Å². The van der Waals surface area contributed by atoms with Gasteiger partial charge in [-0.1, -0.05) is 43.5 Å². The quantitative estimate of drug-likeness (QED) is 0.851. The molecular formula is C17H22N2O. The van der Waals surface area contributed by atoms with Gasteiger partial charge in [0, 0.05) is 23.8 Å². The van der Waals surface area contributed by atoms with Gasteiger partial charge in [0.05, 0.1) is 5.69 Å². The van der Waals surface area contributed by atoms with Crippen LogP contribution in [0.2, 0.25) is 0 Å². The first-order valence-corrected chi connectivity index (χ1v) is 7.67. The van der Waals surface area contributed by atoms with Crippen LogP contribution in [0.4, 0.5) is 5.69 Å². The predicted octanol–water partition coefficient (Wildman–Crippen LogP) is 3.32. The van der Waals surface area contributed by atoms with E-state index in [1.54, 1.807) is 0 Å². The summed E-state index contributed by atoms with van der Waals surface area (Å²) in [6, 6.07) is 8.61. The summed E-state index contributed by atoms with van der Waals surface area (Å²) in [5.41, 5.74) is 3.38. The Kier molecular flexibility index (Phi) is 4.05. The molecule has 0 unspecified atom stereocenters. The van der Waals surface area contributed by atoms with Gasteiger partial charge in [0.2, 0.25) is 6.41 Å². The van der Waals surface area contributed by atoms with Crippen molar-refractivity contribution in [3.8, 4) is 0 Å². The Morgan fingerprint density at radius 2 is 1.95 bits per heavy atom. The second kappa shape index (κ2) is 6.12. The molecule has 1 amide bonds. The molecule has 0 saturated heterocycles. The van der Waals surface area contributed by atoms with Gasteiger partial charge < -0.3 is 10.2 Å². The Balaban J connectivity index is 1.92. The van der Waals surface area contributed by atoms with E-state index in [-0.39, 0.29) is 0 Å². The molecule has 0 radical (unpaired) electrons. The Bertz CT molecular complexity index is 503. The molecule has 1 aliphatic carbocycles. The summed E-state index contributed by atoms with van der Waals surface area (Å²) >= 11 is 0. The average molecular weight is 270 g/mol. The third kappa shape index (κ3) is 2.58. The summed E-state index contributed by atoms with van der Waals surface area (Å²) in [6.07, 6.45) is 10.3. The van der Waals surface area contributed by atoms with E-state index < -0.39 is 0 Å². The first kappa shape index (κ1) is 13.2. The van der Waals surface area contributed by atoms with Crippen LogP contribution in [-0.4, -0.2) is 19.0 Å². The van der Waals surface area contributed by atoms with E-state index in [2.05, 4.69) is 23.5 Å². The molecule has 1 aromatic carbocycles. The molecule has 1 saturated carbocycles. The van der Waals surface area contributed by atoms with Crippen LogP contribution >= 0.6 is 0 Å². The van der Waals surface area contributed by atoms with Crippen LogP contribution in [0.25, 0.3) is 5.70 Å². The number of para-hydroxylation sites is 1. The highest BCUT2D eigenvalue weighted by molar-refractivity contribution is 5.85. The van der Waals surface area contributed by atoms with Gasteiger partial charge in [-0.25, -0.2) is 0 Å². The van der Waals surface area contributed by atoms with Crippen molar-refractivity contribution in [2.75, 3.05) is 11.4 Å². The summed E-state index contributed by atoms with van der Waals surface area (Å²) < 4.78 is 0. The first-order chi connectivity index (χ1) is 9.90. The van der Waals surface area contributed by atoms with Crippen molar-refractivity contribution >= 4 is 17.8 Å². The zero-order valence-corrected chi connectivity index (χ0v) is 11.8. The Labute approximate surface area is 120 Å². The van der Waals surface area contributed by atoms with Crippen LogP contribution in [0.1, 0.15) is 44.1 Å². The van der Waals surface area contributed by atoms with Gasteiger partial charge in [0.1, 0.15) is 0 Å². The van der Waals surface area contributed by atoms with E-state index >= 15 is 0 Å². The SMILES string of the molecule is O=CN(c1ccccc1C1=CCCN1)C1CCCCC1. The second-order valence-corrected chi connectivity index (χ2v) is 5.65. The van der Waals surface area contributed by atoms with E-state index in [9.17, 15) is 4.79 Å². The fourth-order valence-electron chi connectivity index (χ4n) is 3.33. The fourth-order valence-corrected chi connectivity index (χ4v) is 3.33. The van der Waals surface area contributed by atoms with Crippen molar-refractivity contribution in [3.63, 3.8) is 0 Å². The molecule has 106 valence electrons. The number of rotatable bonds is 4. The number of nitrogens with one attached hydrogen (secondary N) is 1. The molecule has 0 spiro atoms.